The lowest BCUT2D eigenvalue weighted by Crippen LogP contribution is -2.47. The zero-order valence-electron chi connectivity index (χ0n) is 13.4. The van der Waals surface area contributed by atoms with Crippen LogP contribution in [0.4, 0.5) is 5.82 Å². The number of aromatic nitrogens is 2. The summed E-state index contributed by atoms with van der Waals surface area (Å²) in [5.74, 6) is -0.199. The minimum Gasteiger partial charge on any atom is -0.382 e. The van der Waals surface area contributed by atoms with Crippen LogP contribution in [0.5, 0.6) is 0 Å². The van der Waals surface area contributed by atoms with E-state index in [9.17, 15) is 4.79 Å². The molecule has 1 aromatic heterocycles. The zero-order valence-corrected chi connectivity index (χ0v) is 13.4. The van der Waals surface area contributed by atoms with Crippen LogP contribution >= 0.6 is 0 Å². The number of rotatable bonds is 5. The van der Waals surface area contributed by atoms with E-state index in [1.54, 1.807) is 0 Å². The molecule has 7 nitrogen and oxygen atoms in total. The molecule has 7 heteroatoms. The van der Waals surface area contributed by atoms with Gasteiger partial charge in [0.2, 0.25) is 0 Å². The molecule has 3 N–H and O–H groups in total. The number of hydrogen-bond donors (Lipinski definition) is 2. The Kier molecular flexibility index (Phi) is 5.35. The van der Waals surface area contributed by atoms with E-state index in [1.165, 1.54) is 18.0 Å². The second-order valence-corrected chi connectivity index (χ2v) is 5.71. The number of morpholine rings is 1. The molecule has 0 spiro atoms. The lowest BCUT2D eigenvalue weighted by Gasteiger charge is -2.33. The van der Waals surface area contributed by atoms with E-state index in [0.29, 0.717) is 13.2 Å². The number of nitrogen functional groups attached to an aromatic ring is 1. The lowest BCUT2D eigenvalue weighted by atomic mass is 10.2. The summed E-state index contributed by atoms with van der Waals surface area (Å²) in [5, 5.41) is 2.82. The maximum Gasteiger partial charge on any atom is 0.273 e. The summed E-state index contributed by atoms with van der Waals surface area (Å²) in [6.07, 6.45) is 2.85. The Bertz CT molecular complexity index is 680. The summed E-state index contributed by atoms with van der Waals surface area (Å²) >= 11 is 0. The number of anilines is 1. The minimum atomic E-state index is -0.329. The Labute approximate surface area is 140 Å². The highest BCUT2D eigenvalue weighted by atomic mass is 16.5. The number of nitrogens with one attached hydrogen (secondary N) is 1. The van der Waals surface area contributed by atoms with Crippen LogP contribution in [-0.2, 0) is 11.3 Å². The van der Waals surface area contributed by atoms with Crippen molar-refractivity contribution in [1.82, 2.24) is 20.2 Å². The number of carbonyl (C=O) groups excluding carboxylic acids is 1. The molecule has 1 aliphatic rings. The van der Waals surface area contributed by atoms with Crippen molar-refractivity contribution in [1.29, 1.82) is 0 Å². The van der Waals surface area contributed by atoms with E-state index < -0.39 is 0 Å². The smallest absolute Gasteiger partial charge is 0.273 e. The molecule has 0 aliphatic carbocycles. The van der Waals surface area contributed by atoms with Gasteiger partial charge < -0.3 is 15.8 Å². The fraction of sp³-hybridized carbons (Fsp3) is 0.353. The van der Waals surface area contributed by atoms with Crippen LogP contribution in [0, 0.1) is 0 Å². The van der Waals surface area contributed by atoms with E-state index in [0.717, 1.165) is 19.6 Å². The highest BCUT2D eigenvalue weighted by Crippen LogP contribution is 2.10. The Morgan fingerprint density at radius 3 is 2.88 bits per heavy atom. The Hall–Kier alpha value is -2.51. The van der Waals surface area contributed by atoms with Crippen molar-refractivity contribution in [3.05, 3.63) is 54.0 Å². The van der Waals surface area contributed by atoms with Crippen LogP contribution < -0.4 is 11.1 Å². The van der Waals surface area contributed by atoms with Crippen LogP contribution in [0.25, 0.3) is 0 Å². The van der Waals surface area contributed by atoms with Crippen molar-refractivity contribution in [3.8, 4) is 0 Å². The van der Waals surface area contributed by atoms with Gasteiger partial charge in [0.25, 0.3) is 5.91 Å². The topological polar surface area (TPSA) is 93.4 Å². The first kappa shape index (κ1) is 16.4. The van der Waals surface area contributed by atoms with Gasteiger partial charge in [-0.25, -0.2) is 9.97 Å². The van der Waals surface area contributed by atoms with Gasteiger partial charge in [-0.3, -0.25) is 9.69 Å². The van der Waals surface area contributed by atoms with Gasteiger partial charge in [0.1, 0.15) is 0 Å². The first-order valence-electron chi connectivity index (χ1n) is 7.95. The number of hydrogen-bond acceptors (Lipinski definition) is 6. The molecule has 3 rings (SSSR count). The number of amides is 1. The lowest BCUT2D eigenvalue weighted by molar-refractivity contribution is -0.0292. The summed E-state index contributed by atoms with van der Waals surface area (Å²) in [6.45, 7) is 3.61. The van der Waals surface area contributed by atoms with Crippen molar-refractivity contribution < 1.29 is 9.53 Å². The van der Waals surface area contributed by atoms with Crippen molar-refractivity contribution in [2.45, 2.75) is 12.6 Å². The molecule has 1 aromatic carbocycles. The van der Waals surface area contributed by atoms with Crippen LogP contribution in [0.3, 0.4) is 0 Å². The number of carbonyl (C=O) groups is 1. The second kappa shape index (κ2) is 7.85. The monoisotopic (exact) mass is 327 g/mol. The number of ether oxygens (including phenoxy) is 1. The van der Waals surface area contributed by atoms with Crippen LogP contribution in [0.1, 0.15) is 16.1 Å². The maximum atomic E-state index is 12.1. The summed E-state index contributed by atoms with van der Waals surface area (Å²) in [6, 6.07) is 10.3. The van der Waals surface area contributed by atoms with Crippen molar-refractivity contribution in [2.75, 3.05) is 32.0 Å². The third-order valence-electron chi connectivity index (χ3n) is 3.90. The molecule has 24 heavy (non-hydrogen) atoms. The van der Waals surface area contributed by atoms with Crippen LogP contribution in [-0.4, -0.2) is 53.1 Å². The molecule has 0 radical (unpaired) electrons. The Morgan fingerprint density at radius 1 is 1.29 bits per heavy atom. The maximum absolute atomic E-state index is 12.1. The van der Waals surface area contributed by atoms with Crippen LogP contribution in [0.15, 0.2) is 42.7 Å². The largest absolute Gasteiger partial charge is 0.382 e. The van der Waals surface area contributed by atoms with Gasteiger partial charge in [0.05, 0.1) is 12.7 Å². The normalized spacial score (nSPS) is 18.2. The molecule has 126 valence electrons. The molecular formula is C17H21N5O2. The quantitative estimate of drug-likeness (QED) is 0.839. The molecule has 1 saturated heterocycles. The molecule has 1 fully saturated rings. The molecule has 2 aromatic rings. The van der Waals surface area contributed by atoms with Gasteiger partial charge in [0.15, 0.2) is 11.5 Å². The highest BCUT2D eigenvalue weighted by Gasteiger charge is 2.22. The van der Waals surface area contributed by atoms with E-state index in [1.807, 2.05) is 18.2 Å². The zero-order chi connectivity index (χ0) is 16.8. The SMILES string of the molecule is Nc1nccnc1C(=O)NC[C@H]1CN(Cc2ccccc2)CCO1. The molecule has 2 heterocycles. The molecule has 1 atom stereocenters. The van der Waals surface area contributed by atoms with Crippen molar-refractivity contribution >= 4 is 11.7 Å². The average molecular weight is 327 g/mol. The molecule has 1 aliphatic heterocycles. The summed E-state index contributed by atoms with van der Waals surface area (Å²) in [5.41, 5.74) is 7.08. The molecule has 1 amide bonds. The summed E-state index contributed by atoms with van der Waals surface area (Å²) in [7, 11) is 0. The standard InChI is InChI=1S/C17H21N5O2/c18-16-15(19-6-7-20-16)17(23)21-10-14-12-22(8-9-24-14)11-13-4-2-1-3-5-13/h1-7,14H,8-12H2,(H2,18,20)(H,21,23)/t14-/m0/s1. The first-order valence-corrected chi connectivity index (χ1v) is 7.95. The second-order valence-electron chi connectivity index (χ2n) is 5.71. The third kappa shape index (κ3) is 4.27. The Balaban J connectivity index is 1.50. The highest BCUT2D eigenvalue weighted by molar-refractivity contribution is 5.96. The van der Waals surface area contributed by atoms with Crippen molar-refractivity contribution in [2.24, 2.45) is 0 Å². The number of nitrogens with zero attached hydrogens (tertiary/aromatic N) is 3. The summed E-state index contributed by atoms with van der Waals surface area (Å²) < 4.78 is 5.74. The van der Waals surface area contributed by atoms with Gasteiger partial charge in [-0.2, -0.15) is 0 Å². The molecular weight excluding hydrogens is 306 g/mol. The van der Waals surface area contributed by atoms with Crippen LogP contribution in [0.2, 0.25) is 0 Å². The molecule has 0 unspecified atom stereocenters. The van der Waals surface area contributed by atoms with Gasteiger partial charge in [-0.15, -0.1) is 0 Å². The third-order valence-corrected chi connectivity index (χ3v) is 3.90. The number of benzene rings is 1. The van der Waals surface area contributed by atoms with E-state index >= 15 is 0 Å². The number of nitrogens with two attached hydrogens (primary N) is 1. The van der Waals surface area contributed by atoms with Crippen molar-refractivity contribution in [3.63, 3.8) is 0 Å². The predicted molar refractivity (Wildman–Crippen MR) is 90.2 cm³/mol. The fourth-order valence-corrected chi connectivity index (χ4v) is 2.70. The van der Waals surface area contributed by atoms with Gasteiger partial charge in [-0.1, -0.05) is 30.3 Å². The average Bonchev–Trinajstić information content (AvgIpc) is 2.61. The van der Waals surface area contributed by atoms with Gasteiger partial charge in [-0.05, 0) is 5.56 Å². The van der Waals surface area contributed by atoms with E-state index in [2.05, 4.69) is 32.3 Å². The molecule has 0 bridgehead atoms. The Morgan fingerprint density at radius 2 is 2.08 bits per heavy atom. The fourth-order valence-electron chi connectivity index (χ4n) is 2.70. The first-order chi connectivity index (χ1) is 11.7. The predicted octanol–water partition coefficient (Wildman–Crippen LogP) is 0.690. The van der Waals surface area contributed by atoms with E-state index in [-0.39, 0.29) is 23.5 Å². The van der Waals surface area contributed by atoms with Gasteiger partial charge >= 0.3 is 0 Å². The molecule has 0 saturated carbocycles. The van der Waals surface area contributed by atoms with Gasteiger partial charge in [0, 0.05) is 38.6 Å². The van der Waals surface area contributed by atoms with E-state index in [4.69, 9.17) is 10.5 Å². The minimum absolute atomic E-state index is 0.0516. The summed E-state index contributed by atoms with van der Waals surface area (Å²) in [4.78, 5) is 22.3.